The highest BCUT2D eigenvalue weighted by molar-refractivity contribution is 5.68. The maximum absolute atomic E-state index is 11.4. The Balaban J connectivity index is 2.07. The van der Waals surface area contributed by atoms with Gasteiger partial charge >= 0.3 is 6.09 Å². The van der Waals surface area contributed by atoms with Gasteiger partial charge in [0.05, 0.1) is 13.2 Å². The number of rotatable bonds is 0. The lowest BCUT2D eigenvalue weighted by atomic mass is 9.83. The molecule has 1 N–H and O–H groups in total. The minimum atomic E-state index is -0.244. The average Bonchev–Trinajstić information content (AvgIpc) is 2.62. The van der Waals surface area contributed by atoms with Gasteiger partial charge in [0.15, 0.2) is 0 Å². The highest BCUT2D eigenvalue weighted by Crippen LogP contribution is 2.36. The predicted molar refractivity (Wildman–Crippen MR) is 50.9 cm³/mol. The van der Waals surface area contributed by atoms with Crippen LogP contribution in [-0.2, 0) is 4.74 Å². The van der Waals surface area contributed by atoms with Crippen LogP contribution in [0.1, 0.15) is 25.7 Å². The van der Waals surface area contributed by atoms with Crippen LogP contribution in [0.4, 0.5) is 4.79 Å². The van der Waals surface area contributed by atoms with Crippen molar-refractivity contribution in [1.82, 2.24) is 4.90 Å². The average molecular weight is 199 g/mol. The van der Waals surface area contributed by atoms with Crippen LogP contribution in [0.2, 0.25) is 0 Å². The first-order chi connectivity index (χ1) is 6.74. The van der Waals surface area contributed by atoms with Crippen molar-refractivity contribution in [1.29, 1.82) is 0 Å². The molecule has 2 aliphatic rings. The number of nitrogens with zero attached hydrogens (tertiary/aromatic N) is 1. The number of hydrogen-bond acceptors (Lipinski definition) is 3. The van der Waals surface area contributed by atoms with Gasteiger partial charge in [0.1, 0.15) is 0 Å². The quantitative estimate of drug-likeness (QED) is 0.633. The van der Waals surface area contributed by atoms with Gasteiger partial charge < -0.3 is 14.7 Å². The molecular weight excluding hydrogens is 182 g/mol. The first-order valence-electron chi connectivity index (χ1n) is 5.26. The second-order valence-electron chi connectivity index (χ2n) is 4.18. The molecule has 4 nitrogen and oxygen atoms in total. The fourth-order valence-electron chi connectivity index (χ4n) is 2.79. The van der Waals surface area contributed by atoms with E-state index in [0.29, 0.717) is 0 Å². The van der Waals surface area contributed by atoms with Crippen LogP contribution in [0.5, 0.6) is 0 Å². The maximum atomic E-state index is 11.4. The second kappa shape index (κ2) is 3.77. The molecule has 0 aromatic rings. The molecule has 1 saturated heterocycles. The van der Waals surface area contributed by atoms with Crippen LogP contribution in [0.25, 0.3) is 0 Å². The number of carbonyl (C=O) groups excluding carboxylic acids is 1. The lowest BCUT2D eigenvalue weighted by molar-refractivity contribution is 0.0394. The molecule has 1 aliphatic heterocycles. The summed E-state index contributed by atoms with van der Waals surface area (Å²) in [6, 6.07) is 0.214. The zero-order valence-electron chi connectivity index (χ0n) is 8.48. The molecule has 3 atom stereocenters. The lowest BCUT2D eigenvalue weighted by Gasteiger charge is -2.33. The molecule has 0 aromatic carbocycles. The number of ether oxygens (including phenoxy) is 1. The van der Waals surface area contributed by atoms with Crippen molar-refractivity contribution in [3.8, 4) is 0 Å². The van der Waals surface area contributed by atoms with Crippen molar-refractivity contribution < 1.29 is 14.6 Å². The summed E-state index contributed by atoms with van der Waals surface area (Å²) in [4.78, 5) is 13.2. The van der Waals surface area contributed by atoms with Crippen LogP contribution in [-0.4, -0.2) is 41.9 Å². The van der Waals surface area contributed by atoms with E-state index in [2.05, 4.69) is 0 Å². The molecule has 0 spiro atoms. The number of aliphatic hydroxyl groups excluding tert-OH is 1. The number of fused-ring (bicyclic) bond motifs is 1. The van der Waals surface area contributed by atoms with Crippen LogP contribution in [0.3, 0.4) is 0 Å². The number of methoxy groups -OCH3 is 1. The molecule has 1 amide bonds. The van der Waals surface area contributed by atoms with Gasteiger partial charge in [-0.25, -0.2) is 4.79 Å². The Bertz CT molecular complexity index is 231. The van der Waals surface area contributed by atoms with Gasteiger partial charge in [-0.1, -0.05) is 0 Å². The Hall–Kier alpha value is -0.770. The van der Waals surface area contributed by atoms with E-state index in [4.69, 9.17) is 4.74 Å². The van der Waals surface area contributed by atoms with Crippen molar-refractivity contribution in [3.05, 3.63) is 0 Å². The topological polar surface area (TPSA) is 49.8 Å². The maximum Gasteiger partial charge on any atom is 0.409 e. The Morgan fingerprint density at radius 3 is 2.93 bits per heavy atom. The first-order valence-corrected chi connectivity index (χ1v) is 5.26. The van der Waals surface area contributed by atoms with Crippen LogP contribution >= 0.6 is 0 Å². The highest BCUT2D eigenvalue weighted by Gasteiger charge is 2.42. The summed E-state index contributed by atoms with van der Waals surface area (Å²) < 4.78 is 4.72. The Morgan fingerprint density at radius 2 is 2.21 bits per heavy atom. The minimum Gasteiger partial charge on any atom is -0.453 e. The van der Waals surface area contributed by atoms with E-state index in [-0.39, 0.29) is 24.2 Å². The van der Waals surface area contributed by atoms with Crippen molar-refractivity contribution in [2.24, 2.45) is 5.92 Å². The van der Waals surface area contributed by atoms with E-state index in [1.807, 2.05) is 0 Å². The molecule has 0 radical (unpaired) electrons. The molecule has 0 bridgehead atoms. The van der Waals surface area contributed by atoms with Crippen LogP contribution < -0.4 is 0 Å². The summed E-state index contributed by atoms with van der Waals surface area (Å²) in [7, 11) is 1.41. The Labute approximate surface area is 83.8 Å². The van der Waals surface area contributed by atoms with Gasteiger partial charge in [-0.3, -0.25) is 0 Å². The molecule has 80 valence electrons. The summed E-state index contributed by atoms with van der Waals surface area (Å²) >= 11 is 0. The van der Waals surface area contributed by atoms with Crippen molar-refractivity contribution in [2.45, 2.75) is 37.8 Å². The number of aliphatic hydroxyl groups is 1. The highest BCUT2D eigenvalue weighted by atomic mass is 16.5. The van der Waals surface area contributed by atoms with Crippen molar-refractivity contribution in [3.63, 3.8) is 0 Å². The third-order valence-corrected chi connectivity index (χ3v) is 3.50. The summed E-state index contributed by atoms with van der Waals surface area (Å²) in [6.45, 7) is 0.735. The molecule has 2 rings (SSSR count). The van der Waals surface area contributed by atoms with E-state index in [9.17, 15) is 9.90 Å². The Kier molecular flexibility index (Phi) is 2.63. The van der Waals surface area contributed by atoms with E-state index in [1.54, 1.807) is 4.90 Å². The molecule has 14 heavy (non-hydrogen) atoms. The van der Waals surface area contributed by atoms with Crippen LogP contribution in [0, 0.1) is 5.92 Å². The van der Waals surface area contributed by atoms with Gasteiger partial charge in [0, 0.05) is 18.5 Å². The van der Waals surface area contributed by atoms with E-state index < -0.39 is 0 Å². The number of hydrogen-bond donors (Lipinski definition) is 1. The molecule has 1 heterocycles. The molecule has 1 saturated carbocycles. The number of carbonyl (C=O) groups is 1. The van der Waals surface area contributed by atoms with Gasteiger partial charge in [-0.15, -0.1) is 0 Å². The van der Waals surface area contributed by atoms with E-state index >= 15 is 0 Å². The molecule has 1 aliphatic carbocycles. The third kappa shape index (κ3) is 1.47. The molecular formula is C10H17NO3. The number of likely N-dealkylation sites (tertiary alicyclic amines) is 1. The van der Waals surface area contributed by atoms with Gasteiger partial charge in [-0.2, -0.15) is 0 Å². The van der Waals surface area contributed by atoms with Gasteiger partial charge in [-0.05, 0) is 25.7 Å². The molecule has 0 aromatic heterocycles. The zero-order valence-corrected chi connectivity index (χ0v) is 8.48. The largest absolute Gasteiger partial charge is 0.453 e. The Morgan fingerprint density at radius 1 is 1.43 bits per heavy atom. The summed E-state index contributed by atoms with van der Waals surface area (Å²) in [6.07, 6.45) is 3.36. The summed E-state index contributed by atoms with van der Waals surface area (Å²) in [5.41, 5.74) is 0. The van der Waals surface area contributed by atoms with Gasteiger partial charge in [0.2, 0.25) is 0 Å². The first kappa shape index (κ1) is 9.77. The van der Waals surface area contributed by atoms with Crippen LogP contribution in [0.15, 0.2) is 0 Å². The normalized spacial score (nSPS) is 36.7. The fraction of sp³-hybridized carbons (Fsp3) is 0.900. The molecule has 4 heteroatoms. The van der Waals surface area contributed by atoms with Gasteiger partial charge in [0.25, 0.3) is 0 Å². The van der Waals surface area contributed by atoms with E-state index in [1.165, 1.54) is 7.11 Å². The zero-order chi connectivity index (χ0) is 10.1. The number of amides is 1. The van der Waals surface area contributed by atoms with E-state index in [0.717, 1.165) is 32.2 Å². The standard InChI is InChI=1S/C10H17NO3/c1-14-10(13)11-6-5-7-8(11)3-2-4-9(7)12/h7-9,12H,2-6H2,1H3/t7-,8-,9-/m1/s1. The third-order valence-electron chi connectivity index (χ3n) is 3.50. The summed E-state index contributed by atoms with van der Waals surface area (Å²) in [5, 5.41) is 9.77. The minimum absolute atomic E-state index is 0.214. The fourth-order valence-corrected chi connectivity index (χ4v) is 2.79. The predicted octanol–water partition coefficient (Wildman–Crippen LogP) is 0.988. The van der Waals surface area contributed by atoms with Crippen molar-refractivity contribution in [2.75, 3.05) is 13.7 Å². The molecule has 0 unspecified atom stereocenters. The smallest absolute Gasteiger partial charge is 0.409 e. The second-order valence-corrected chi connectivity index (χ2v) is 4.18. The lowest BCUT2D eigenvalue weighted by Crippen LogP contribution is -2.43. The molecule has 2 fully saturated rings. The monoisotopic (exact) mass is 199 g/mol. The summed E-state index contributed by atoms with van der Waals surface area (Å²) in [5.74, 6) is 0.280. The SMILES string of the molecule is COC(=O)N1CC[C@H]2[C@H](O)CCC[C@H]21. The van der Waals surface area contributed by atoms with Crippen molar-refractivity contribution >= 4 is 6.09 Å².